The van der Waals surface area contributed by atoms with E-state index in [9.17, 15) is 32.7 Å². The van der Waals surface area contributed by atoms with Gasteiger partial charge in [-0.15, -0.1) is 0 Å². The van der Waals surface area contributed by atoms with E-state index < -0.39 is 47.7 Å². The summed E-state index contributed by atoms with van der Waals surface area (Å²) in [6.45, 7) is 0.476. The van der Waals surface area contributed by atoms with Crippen LogP contribution in [0, 0.1) is 6.92 Å². The molecule has 0 fully saturated rings. The number of aryl methyl sites for hydroxylation is 1. The summed E-state index contributed by atoms with van der Waals surface area (Å²) in [6.07, 6.45) is -4.69. The van der Waals surface area contributed by atoms with E-state index >= 15 is 0 Å². The SMILES string of the molecule is Cc1ccc(C(=O)OCC(=O)N(C)CC(=O)Nc2ccc(Cl)c(C(F)(F)F)c2)cc1O. The molecule has 11 heteroatoms. The second kappa shape index (κ2) is 9.69. The van der Waals surface area contributed by atoms with E-state index in [1.165, 1.54) is 31.3 Å². The number of esters is 1. The molecule has 0 atom stereocenters. The molecule has 2 N–H and O–H groups in total. The Morgan fingerprint density at radius 2 is 1.84 bits per heavy atom. The number of amides is 2. The molecule has 2 aromatic carbocycles. The average molecular weight is 459 g/mol. The zero-order valence-electron chi connectivity index (χ0n) is 16.4. The van der Waals surface area contributed by atoms with Crippen molar-refractivity contribution >= 4 is 35.1 Å². The molecule has 0 saturated carbocycles. The molecule has 0 radical (unpaired) electrons. The van der Waals surface area contributed by atoms with Gasteiger partial charge in [-0.2, -0.15) is 13.2 Å². The van der Waals surface area contributed by atoms with Gasteiger partial charge in [0.05, 0.1) is 22.7 Å². The third-order valence-electron chi connectivity index (χ3n) is 4.13. The Hall–Kier alpha value is -3.27. The van der Waals surface area contributed by atoms with Gasteiger partial charge in [0.1, 0.15) is 5.75 Å². The fourth-order valence-electron chi connectivity index (χ4n) is 2.38. The molecule has 0 aliphatic rings. The third-order valence-corrected chi connectivity index (χ3v) is 4.46. The van der Waals surface area contributed by atoms with Crippen LogP contribution in [0.25, 0.3) is 0 Å². The zero-order valence-corrected chi connectivity index (χ0v) is 17.2. The number of phenols is 1. The van der Waals surface area contributed by atoms with Gasteiger partial charge >= 0.3 is 12.1 Å². The van der Waals surface area contributed by atoms with Crippen LogP contribution in [0.3, 0.4) is 0 Å². The van der Waals surface area contributed by atoms with Gasteiger partial charge in [0.15, 0.2) is 6.61 Å². The van der Waals surface area contributed by atoms with Gasteiger partial charge in [-0.1, -0.05) is 17.7 Å². The molecule has 0 spiro atoms. The number of phenolic OH excluding ortho intramolecular Hbond substituents is 1. The number of nitrogens with zero attached hydrogens (tertiary/aromatic N) is 1. The highest BCUT2D eigenvalue weighted by Crippen LogP contribution is 2.36. The number of carbonyl (C=O) groups excluding carboxylic acids is 3. The molecule has 2 rings (SSSR count). The van der Waals surface area contributed by atoms with Crippen LogP contribution in [-0.2, 0) is 20.5 Å². The van der Waals surface area contributed by atoms with Gasteiger partial charge in [0.25, 0.3) is 5.91 Å². The Balaban J connectivity index is 1.90. The summed E-state index contributed by atoms with van der Waals surface area (Å²) in [5.74, 6) is -2.43. The number of likely N-dealkylation sites (N-methyl/N-ethyl adjacent to an activating group) is 1. The standard InChI is InChI=1S/C20H18ClF3N2O5/c1-11-3-4-12(7-16(11)27)19(30)31-10-18(29)26(2)9-17(28)25-13-5-6-15(21)14(8-13)20(22,23)24/h3-8,27H,9-10H2,1-2H3,(H,25,28). The van der Waals surface area contributed by atoms with E-state index in [1.54, 1.807) is 6.92 Å². The van der Waals surface area contributed by atoms with Crippen LogP contribution >= 0.6 is 11.6 Å². The fraction of sp³-hybridized carbons (Fsp3) is 0.250. The predicted molar refractivity (Wildman–Crippen MR) is 106 cm³/mol. The van der Waals surface area contributed by atoms with Crippen molar-refractivity contribution in [2.75, 3.05) is 25.5 Å². The highest BCUT2D eigenvalue weighted by Gasteiger charge is 2.33. The minimum atomic E-state index is -4.69. The summed E-state index contributed by atoms with van der Waals surface area (Å²) in [4.78, 5) is 37.0. The molecule has 31 heavy (non-hydrogen) atoms. The molecule has 0 bridgehead atoms. The van der Waals surface area contributed by atoms with Crippen LogP contribution in [0.2, 0.25) is 5.02 Å². The van der Waals surface area contributed by atoms with Crippen LogP contribution in [0.1, 0.15) is 21.5 Å². The lowest BCUT2D eigenvalue weighted by atomic mass is 10.1. The van der Waals surface area contributed by atoms with Crippen LogP contribution in [0.5, 0.6) is 5.75 Å². The Kier molecular flexibility index (Phi) is 7.50. The van der Waals surface area contributed by atoms with Crippen LogP contribution in [0.15, 0.2) is 36.4 Å². The summed E-state index contributed by atoms with van der Waals surface area (Å²) >= 11 is 5.52. The van der Waals surface area contributed by atoms with Gasteiger partial charge in [0, 0.05) is 12.7 Å². The Labute approximate surface area is 180 Å². The fourth-order valence-corrected chi connectivity index (χ4v) is 2.61. The summed E-state index contributed by atoms with van der Waals surface area (Å²) in [5.41, 5.74) is -0.653. The van der Waals surface area contributed by atoms with Crippen LogP contribution in [-0.4, -0.2) is 48.0 Å². The number of halogens is 4. The smallest absolute Gasteiger partial charge is 0.417 e. The van der Waals surface area contributed by atoms with Crippen molar-refractivity contribution in [2.45, 2.75) is 13.1 Å². The van der Waals surface area contributed by atoms with E-state index in [0.29, 0.717) is 11.6 Å². The number of carbonyl (C=O) groups is 3. The lowest BCUT2D eigenvalue weighted by Gasteiger charge is -2.17. The summed E-state index contributed by atoms with van der Waals surface area (Å²) in [7, 11) is 1.26. The Morgan fingerprint density at radius 3 is 2.45 bits per heavy atom. The first-order valence-corrected chi connectivity index (χ1v) is 9.13. The van der Waals surface area contributed by atoms with Gasteiger partial charge in [-0.25, -0.2) is 4.79 Å². The van der Waals surface area contributed by atoms with Crippen molar-refractivity contribution in [3.8, 4) is 5.75 Å². The number of benzene rings is 2. The molecule has 0 aromatic heterocycles. The van der Waals surface area contributed by atoms with Gasteiger partial charge in [0.2, 0.25) is 5.91 Å². The molecule has 166 valence electrons. The van der Waals surface area contributed by atoms with Crippen molar-refractivity contribution in [1.82, 2.24) is 4.90 Å². The van der Waals surface area contributed by atoms with Crippen molar-refractivity contribution in [1.29, 1.82) is 0 Å². The maximum Gasteiger partial charge on any atom is 0.417 e. The van der Waals surface area contributed by atoms with E-state index in [1.807, 2.05) is 0 Å². The largest absolute Gasteiger partial charge is 0.508 e. The first kappa shape index (κ1) is 24.0. The number of aromatic hydroxyl groups is 1. The van der Waals surface area contributed by atoms with Gasteiger partial charge in [-0.3, -0.25) is 9.59 Å². The van der Waals surface area contributed by atoms with Crippen molar-refractivity contribution < 1.29 is 37.4 Å². The average Bonchev–Trinajstić information content (AvgIpc) is 2.68. The molecule has 2 amide bonds. The Bertz CT molecular complexity index is 1010. The van der Waals surface area contributed by atoms with E-state index in [-0.39, 0.29) is 17.0 Å². The number of hydrogen-bond acceptors (Lipinski definition) is 5. The highest BCUT2D eigenvalue weighted by atomic mass is 35.5. The Morgan fingerprint density at radius 1 is 1.16 bits per heavy atom. The minimum Gasteiger partial charge on any atom is -0.508 e. The molecule has 0 aliphatic carbocycles. The maximum atomic E-state index is 12.9. The van der Waals surface area contributed by atoms with E-state index in [4.69, 9.17) is 16.3 Å². The normalized spacial score (nSPS) is 11.0. The van der Waals surface area contributed by atoms with Crippen molar-refractivity contribution in [2.24, 2.45) is 0 Å². The number of ether oxygens (including phenoxy) is 1. The first-order valence-electron chi connectivity index (χ1n) is 8.75. The maximum absolute atomic E-state index is 12.9. The third kappa shape index (κ3) is 6.61. The molecule has 0 unspecified atom stereocenters. The molecule has 0 saturated heterocycles. The number of rotatable bonds is 6. The number of hydrogen-bond donors (Lipinski definition) is 2. The monoisotopic (exact) mass is 458 g/mol. The summed E-state index contributed by atoms with van der Waals surface area (Å²) < 4.78 is 43.5. The second-order valence-corrected chi connectivity index (χ2v) is 6.97. The van der Waals surface area contributed by atoms with Crippen molar-refractivity contribution in [3.63, 3.8) is 0 Å². The van der Waals surface area contributed by atoms with Gasteiger partial charge in [-0.05, 0) is 42.8 Å². The molecule has 2 aromatic rings. The molecular formula is C20H18ClF3N2O5. The molecule has 0 heterocycles. The lowest BCUT2D eigenvalue weighted by Crippen LogP contribution is -2.37. The molecule has 7 nitrogen and oxygen atoms in total. The zero-order chi connectivity index (χ0) is 23.3. The predicted octanol–water partition coefficient (Wildman–Crippen LogP) is 3.63. The number of alkyl halides is 3. The van der Waals surface area contributed by atoms with Gasteiger partial charge < -0.3 is 20.1 Å². The molecule has 0 aliphatic heterocycles. The van der Waals surface area contributed by atoms with Crippen LogP contribution in [0.4, 0.5) is 18.9 Å². The number of anilines is 1. The minimum absolute atomic E-state index is 0.0412. The lowest BCUT2D eigenvalue weighted by molar-refractivity contribution is -0.137. The van der Waals surface area contributed by atoms with E-state index in [0.717, 1.165) is 11.0 Å². The van der Waals surface area contributed by atoms with E-state index in [2.05, 4.69) is 5.32 Å². The topological polar surface area (TPSA) is 95.9 Å². The quantitative estimate of drug-likeness (QED) is 0.644. The van der Waals surface area contributed by atoms with Crippen LogP contribution < -0.4 is 5.32 Å². The number of nitrogens with one attached hydrogen (secondary N) is 1. The summed E-state index contributed by atoms with van der Waals surface area (Å²) in [5, 5.41) is 11.3. The summed E-state index contributed by atoms with van der Waals surface area (Å²) in [6, 6.07) is 6.99. The molecular weight excluding hydrogens is 441 g/mol. The van der Waals surface area contributed by atoms with Crippen molar-refractivity contribution in [3.05, 3.63) is 58.1 Å². The first-order chi connectivity index (χ1) is 14.4. The second-order valence-electron chi connectivity index (χ2n) is 6.57. The highest BCUT2D eigenvalue weighted by molar-refractivity contribution is 6.31.